The zero-order valence-electron chi connectivity index (χ0n) is 16.6. The van der Waals surface area contributed by atoms with Crippen molar-refractivity contribution < 1.29 is 14.7 Å². The third-order valence-electron chi connectivity index (χ3n) is 5.83. The Morgan fingerprint density at radius 2 is 1.93 bits per heavy atom. The highest BCUT2D eigenvalue weighted by molar-refractivity contribution is 5.74. The van der Waals surface area contributed by atoms with Crippen LogP contribution in [0.1, 0.15) is 64.4 Å². The molecular formula is C22H34N2O3. The lowest BCUT2D eigenvalue weighted by molar-refractivity contribution is -0.147. The first kappa shape index (κ1) is 21.4. The lowest BCUT2D eigenvalue weighted by Crippen LogP contribution is -2.66. The van der Waals surface area contributed by atoms with Crippen LogP contribution >= 0.6 is 0 Å². The SMILES string of the molecule is CCCCCC(Cc1ccccc1)CC(NC(C)=O)C1(N)CC(C(=O)O)C1. The molecule has 1 saturated carbocycles. The van der Waals surface area contributed by atoms with Crippen LogP contribution in [0.25, 0.3) is 0 Å². The van der Waals surface area contributed by atoms with Gasteiger partial charge in [-0.15, -0.1) is 0 Å². The summed E-state index contributed by atoms with van der Waals surface area (Å²) in [5.41, 5.74) is 7.22. The van der Waals surface area contributed by atoms with E-state index in [-0.39, 0.29) is 17.9 Å². The van der Waals surface area contributed by atoms with E-state index in [4.69, 9.17) is 5.73 Å². The minimum atomic E-state index is -0.790. The van der Waals surface area contributed by atoms with Gasteiger partial charge in [0.05, 0.1) is 5.92 Å². The van der Waals surface area contributed by atoms with Crippen molar-refractivity contribution in [3.63, 3.8) is 0 Å². The van der Waals surface area contributed by atoms with Gasteiger partial charge < -0.3 is 16.2 Å². The molecular weight excluding hydrogens is 340 g/mol. The largest absolute Gasteiger partial charge is 0.481 e. The normalized spacial score (nSPS) is 23.9. The average molecular weight is 375 g/mol. The van der Waals surface area contributed by atoms with Crippen LogP contribution in [0.2, 0.25) is 0 Å². The van der Waals surface area contributed by atoms with Gasteiger partial charge in [-0.25, -0.2) is 0 Å². The second kappa shape index (κ2) is 9.88. The Labute approximate surface area is 162 Å². The predicted octanol–water partition coefficient (Wildman–Crippen LogP) is 3.51. The highest BCUT2D eigenvalue weighted by atomic mass is 16.4. The molecule has 1 aromatic rings. The Morgan fingerprint density at radius 1 is 1.26 bits per heavy atom. The van der Waals surface area contributed by atoms with Gasteiger partial charge in [0.25, 0.3) is 0 Å². The number of carboxylic acids is 1. The molecule has 1 aliphatic rings. The zero-order chi connectivity index (χ0) is 19.9. The third kappa shape index (κ3) is 6.35. The fourth-order valence-corrected chi connectivity index (χ4v) is 4.27. The number of amides is 1. The standard InChI is InChI=1S/C22H34N2O3/c1-3-4-6-11-18(12-17-9-7-5-8-10-17)13-20(24-16(2)25)22(23)14-19(15-22)21(26)27/h5,7-10,18-20H,3-4,6,11-15,23H2,1-2H3,(H,24,25)(H,26,27). The minimum Gasteiger partial charge on any atom is -0.481 e. The molecule has 0 saturated heterocycles. The third-order valence-corrected chi connectivity index (χ3v) is 5.83. The molecule has 5 nitrogen and oxygen atoms in total. The van der Waals surface area contributed by atoms with Crippen LogP contribution in [0.4, 0.5) is 0 Å². The van der Waals surface area contributed by atoms with Crippen molar-refractivity contribution >= 4 is 11.9 Å². The monoisotopic (exact) mass is 374 g/mol. The molecule has 0 aliphatic heterocycles. The van der Waals surface area contributed by atoms with Crippen molar-refractivity contribution in [2.75, 3.05) is 0 Å². The Balaban J connectivity index is 2.08. The van der Waals surface area contributed by atoms with Crippen LogP contribution in [0.5, 0.6) is 0 Å². The highest BCUT2D eigenvalue weighted by Crippen LogP contribution is 2.41. The van der Waals surface area contributed by atoms with Crippen LogP contribution < -0.4 is 11.1 Å². The van der Waals surface area contributed by atoms with E-state index in [9.17, 15) is 14.7 Å². The second-order valence-corrected chi connectivity index (χ2v) is 8.22. The Kier molecular flexibility index (Phi) is 7.84. The number of benzene rings is 1. The van der Waals surface area contributed by atoms with Crippen LogP contribution in [-0.4, -0.2) is 28.6 Å². The van der Waals surface area contributed by atoms with Gasteiger partial charge in [-0.2, -0.15) is 0 Å². The summed E-state index contributed by atoms with van der Waals surface area (Å²) in [6.07, 6.45) is 7.24. The van der Waals surface area contributed by atoms with Crippen LogP contribution in [0.3, 0.4) is 0 Å². The average Bonchev–Trinajstić information content (AvgIpc) is 2.58. The number of nitrogens with one attached hydrogen (secondary N) is 1. The second-order valence-electron chi connectivity index (χ2n) is 8.22. The van der Waals surface area contributed by atoms with Gasteiger partial charge in [-0.3, -0.25) is 9.59 Å². The van der Waals surface area contributed by atoms with Crippen LogP contribution in [-0.2, 0) is 16.0 Å². The van der Waals surface area contributed by atoms with E-state index in [0.29, 0.717) is 18.8 Å². The van der Waals surface area contributed by atoms with Gasteiger partial charge >= 0.3 is 5.97 Å². The summed E-state index contributed by atoms with van der Waals surface area (Å²) < 4.78 is 0. The molecule has 150 valence electrons. The molecule has 1 aliphatic carbocycles. The molecule has 2 rings (SSSR count). The number of carbonyl (C=O) groups is 2. The van der Waals surface area contributed by atoms with Gasteiger partial charge in [0.1, 0.15) is 0 Å². The molecule has 1 fully saturated rings. The fourth-order valence-electron chi connectivity index (χ4n) is 4.27. The summed E-state index contributed by atoms with van der Waals surface area (Å²) in [5, 5.41) is 12.2. The van der Waals surface area contributed by atoms with E-state index in [1.165, 1.54) is 25.3 Å². The summed E-state index contributed by atoms with van der Waals surface area (Å²) >= 11 is 0. The highest BCUT2D eigenvalue weighted by Gasteiger charge is 2.50. The summed E-state index contributed by atoms with van der Waals surface area (Å²) in [6, 6.07) is 10.2. The lowest BCUT2D eigenvalue weighted by Gasteiger charge is -2.49. The van der Waals surface area contributed by atoms with Gasteiger partial charge in [-0.05, 0) is 37.2 Å². The lowest BCUT2D eigenvalue weighted by atomic mass is 9.63. The van der Waals surface area contributed by atoms with Crippen molar-refractivity contribution in [3.8, 4) is 0 Å². The number of carbonyl (C=O) groups excluding carboxylic acids is 1. The number of nitrogens with two attached hydrogens (primary N) is 1. The molecule has 4 N–H and O–H groups in total. The molecule has 0 radical (unpaired) electrons. The fraction of sp³-hybridized carbons (Fsp3) is 0.636. The molecule has 1 amide bonds. The first-order valence-electron chi connectivity index (χ1n) is 10.2. The molecule has 0 bridgehead atoms. The van der Waals surface area contributed by atoms with E-state index in [0.717, 1.165) is 25.7 Å². The molecule has 0 spiro atoms. The summed E-state index contributed by atoms with van der Waals surface area (Å²) in [6.45, 7) is 3.70. The molecule has 0 heterocycles. The van der Waals surface area contributed by atoms with Crippen molar-refractivity contribution in [1.82, 2.24) is 5.32 Å². The Hall–Kier alpha value is -1.88. The Bertz CT molecular complexity index is 611. The molecule has 27 heavy (non-hydrogen) atoms. The van der Waals surface area contributed by atoms with Gasteiger partial charge in [0.15, 0.2) is 0 Å². The van der Waals surface area contributed by atoms with Crippen molar-refractivity contribution in [2.24, 2.45) is 17.6 Å². The predicted molar refractivity (Wildman–Crippen MR) is 107 cm³/mol. The van der Waals surface area contributed by atoms with E-state index >= 15 is 0 Å². The maximum atomic E-state index is 11.8. The summed E-state index contributed by atoms with van der Waals surface area (Å²) in [4.78, 5) is 23.0. The van der Waals surface area contributed by atoms with Gasteiger partial charge in [0, 0.05) is 18.5 Å². The van der Waals surface area contributed by atoms with E-state index in [2.05, 4.69) is 36.5 Å². The van der Waals surface area contributed by atoms with E-state index in [1.807, 2.05) is 6.07 Å². The van der Waals surface area contributed by atoms with Gasteiger partial charge in [0.2, 0.25) is 5.91 Å². The molecule has 1 aromatic carbocycles. The van der Waals surface area contributed by atoms with Crippen LogP contribution in [0.15, 0.2) is 30.3 Å². The first-order valence-corrected chi connectivity index (χ1v) is 10.2. The summed E-state index contributed by atoms with van der Waals surface area (Å²) in [7, 11) is 0. The summed E-state index contributed by atoms with van der Waals surface area (Å²) in [5.74, 6) is -0.865. The number of rotatable bonds is 11. The number of aliphatic carboxylic acids is 1. The number of carboxylic acid groups (broad SMARTS) is 1. The first-order chi connectivity index (χ1) is 12.8. The zero-order valence-corrected chi connectivity index (χ0v) is 16.6. The molecule has 2 atom stereocenters. The smallest absolute Gasteiger partial charge is 0.306 e. The quantitative estimate of drug-likeness (QED) is 0.517. The maximum absolute atomic E-state index is 11.8. The number of hydrogen-bond donors (Lipinski definition) is 3. The topological polar surface area (TPSA) is 92.4 Å². The molecule has 5 heteroatoms. The van der Waals surface area contributed by atoms with Crippen LogP contribution in [0, 0.1) is 11.8 Å². The Morgan fingerprint density at radius 3 is 2.48 bits per heavy atom. The molecule has 2 unspecified atom stereocenters. The number of hydrogen-bond acceptors (Lipinski definition) is 3. The van der Waals surface area contributed by atoms with Crippen molar-refractivity contribution in [1.29, 1.82) is 0 Å². The number of unbranched alkanes of at least 4 members (excludes halogenated alkanes) is 2. The van der Waals surface area contributed by atoms with Gasteiger partial charge in [-0.1, -0.05) is 62.9 Å². The van der Waals surface area contributed by atoms with E-state index in [1.54, 1.807) is 0 Å². The molecule has 0 aromatic heterocycles. The van der Waals surface area contributed by atoms with Crippen molar-refractivity contribution in [3.05, 3.63) is 35.9 Å². The van der Waals surface area contributed by atoms with E-state index < -0.39 is 11.5 Å². The maximum Gasteiger partial charge on any atom is 0.306 e. The minimum absolute atomic E-state index is 0.101. The van der Waals surface area contributed by atoms with Crippen molar-refractivity contribution in [2.45, 2.75) is 76.8 Å².